The normalized spacial score (nSPS) is 29.8. The number of ether oxygens (including phenoxy) is 2. The monoisotopic (exact) mass is 275 g/mol. The Labute approximate surface area is 114 Å². The molecule has 0 radical (unpaired) electrons. The Morgan fingerprint density at radius 1 is 1.33 bits per heavy atom. The van der Waals surface area contributed by atoms with Crippen LogP contribution in [0.15, 0.2) is 0 Å². The highest BCUT2D eigenvalue weighted by molar-refractivity contribution is 6.17. The number of piperidine rings is 1. The summed E-state index contributed by atoms with van der Waals surface area (Å²) in [4.78, 5) is 14.1. The molecule has 0 aliphatic carbocycles. The highest BCUT2D eigenvalue weighted by atomic mass is 35.5. The molecule has 2 saturated heterocycles. The molecular weight excluding hydrogens is 254 g/mol. The molecule has 0 N–H and O–H groups in total. The Morgan fingerprint density at radius 2 is 2.06 bits per heavy atom. The third-order valence-electron chi connectivity index (χ3n) is 3.69. The number of hydrogen-bond acceptors (Lipinski definition) is 3. The first-order valence-corrected chi connectivity index (χ1v) is 7.36. The van der Waals surface area contributed by atoms with Gasteiger partial charge in [0, 0.05) is 19.0 Å². The maximum absolute atomic E-state index is 12.2. The molecule has 2 heterocycles. The van der Waals surface area contributed by atoms with Crippen molar-refractivity contribution in [3.8, 4) is 0 Å². The summed E-state index contributed by atoms with van der Waals surface area (Å²) in [6.45, 7) is 4.18. The van der Waals surface area contributed by atoms with Crippen LogP contribution in [0.4, 0.5) is 0 Å². The molecule has 0 aromatic heterocycles. The molecule has 2 fully saturated rings. The van der Waals surface area contributed by atoms with E-state index in [2.05, 4.69) is 0 Å². The van der Waals surface area contributed by atoms with Gasteiger partial charge in [0.05, 0.1) is 18.8 Å². The van der Waals surface area contributed by atoms with Crippen molar-refractivity contribution >= 4 is 17.5 Å². The van der Waals surface area contributed by atoms with Crippen LogP contribution in [0.25, 0.3) is 0 Å². The molecule has 4 nitrogen and oxygen atoms in total. The van der Waals surface area contributed by atoms with Gasteiger partial charge in [-0.05, 0) is 32.6 Å². The Morgan fingerprint density at radius 3 is 2.61 bits per heavy atom. The fraction of sp³-hybridized carbons (Fsp3) is 0.923. The largest absolute Gasteiger partial charge is 0.377 e. The van der Waals surface area contributed by atoms with Crippen LogP contribution in [0.2, 0.25) is 0 Å². The molecule has 0 aromatic carbocycles. The second-order valence-electron chi connectivity index (χ2n) is 5.10. The van der Waals surface area contributed by atoms with E-state index in [9.17, 15) is 4.79 Å². The minimum Gasteiger partial charge on any atom is -0.377 e. The van der Waals surface area contributed by atoms with Gasteiger partial charge in [-0.25, -0.2) is 0 Å². The molecular formula is C13H22ClNO3. The first-order chi connectivity index (χ1) is 8.70. The number of amides is 1. The number of likely N-dealkylation sites (tertiary alicyclic amines) is 1. The van der Waals surface area contributed by atoms with Crippen LogP contribution in [-0.4, -0.2) is 54.7 Å². The zero-order valence-corrected chi connectivity index (χ0v) is 11.7. The van der Waals surface area contributed by atoms with Gasteiger partial charge in [-0.3, -0.25) is 4.79 Å². The lowest BCUT2D eigenvalue weighted by Crippen LogP contribution is -2.45. The van der Waals surface area contributed by atoms with Crippen molar-refractivity contribution in [2.75, 3.05) is 25.6 Å². The van der Waals surface area contributed by atoms with Crippen LogP contribution >= 0.6 is 11.6 Å². The van der Waals surface area contributed by atoms with Gasteiger partial charge in [-0.2, -0.15) is 0 Å². The molecule has 0 aromatic rings. The molecule has 0 bridgehead atoms. The lowest BCUT2D eigenvalue weighted by atomic mass is 10.1. The van der Waals surface area contributed by atoms with Gasteiger partial charge in [0.2, 0.25) is 0 Å². The second kappa shape index (κ2) is 6.73. The van der Waals surface area contributed by atoms with Crippen molar-refractivity contribution in [1.29, 1.82) is 0 Å². The van der Waals surface area contributed by atoms with Gasteiger partial charge >= 0.3 is 0 Å². The fourth-order valence-corrected chi connectivity index (χ4v) is 2.73. The van der Waals surface area contributed by atoms with Crippen LogP contribution in [0, 0.1) is 0 Å². The number of alkyl halides is 1. The molecule has 2 rings (SSSR count). The first kappa shape index (κ1) is 14.1. The van der Waals surface area contributed by atoms with E-state index in [0.717, 1.165) is 38.8 Å². The molecule has 2 atom stereocenters. The number of halogens is 1. The SMILES string of the molecule is CC1CCC(C(=O)N2CCC(OCCCl)CC2)O1. The van der Waals surface area contributed by atoms with Crippen LogP contribution in [0.1, 0.15) is 32.6 Å². The number of rotatable bonds is 4. The zero-order chi connectivity index (χ0) is 13.0. The third kappa shape index (κ3) is 3.59. The summed E-state index contributed by atoms with van der Waals surface area (Å²) in [5, 5.41) is 0. The first-order valence-electron chi connectivity index (χ1n) is 6.82. The van der Waals surface area contributed by atoms with Crippen molar-refractivity contribution in [3.05, 3.63) is 0 Å². The van der Waals surface area contributed by atoms with Gasteiger partial charge in [0.15, 0.2) is 0 Å². The third-order valence-corrected chi connectivity index (χ3v) is 3.85. The second-order valence-corrected chi connectivity index (χ2v) is 5.48. The standard InChI is InChI=1S/C13H22ClNO3/c1-10-2-3-12(18-10)13(16)15-7-4-11(5-8-15)17-9-6-14/h10-12H,2-9H2,1H3. The summed E-state index contributed by atoms with van der Waals surface area (Å²) in [6.07, 6.45) is 3.95. The van der Waals surface area contributed by atoms with E-state index in [1.54, 1.807) is 0 Å². The summed E-state index contributed by atoms with van der Waals surface area (Å²) in [5.41, 5.74) is 0. The summed E-state index contributed by atoms with van der Waals surface area (Å²) in [5.74, 6) is 0.697. The van der Waals surface area contributed by atoms with Crippen molar-refractivity contribution in [1.82, 2.24) is 4.90 Å². The molecule has 2 aliphatic heterocycles. The highest BCUT2D eigenvalue weighted by Crippen LogP contribution is 2.23. The van der Waals surface area contributed by atoms with Crippen LogP contribution < -0.4 is 0 Å². The molecule has 0 saturated carbocycles. The molecule has 5 heteroatoms. The number of carbonyl (C=O) groups excluding carboxylic acids is 1. The Kier molecular flexibility index (Phi) is 5.27. The van der Waals surface area contributed by atoms with E-state index in [-0.39, 0.29) is 24.2 Å². The van der Waals surface area contributed by atoms with E-state index in [1.165, 1.54) is 0 Å². The van der Waals surface area contributed by atoms with Gasteiger partial charge < -0.3 is 14.4 Å². The van der Waals surface area contributed by atoms with Crippen LogP contribution in [-0.2, 0) is 14.3 Å². The number of nitrogens with zero attached hydrogens (tertiary/aromatic N) is 1. The molecule has 104 valence electrons. The summed E-state index contributed by atoms with van der Waals surface area (Å²) >= 11 is 5.59. The minimum absolute atomic E-state index is 0.162. The number of hydrogen-bond donors (Lipinski definition) is 0. The van der Waals surface area contributed by atoms with Gasteiger partial charge in [0.1, 0.15) is 6.10 Å². The lowest BCUT2D eigenvalue weighted by molar-refractivity contribution is -0.145. The summed E-state index contributed by atoms with van der Waals surface area (Å²) < 4.78 is 11.2. The van der Waals surface area contributed by atoms with E-state index in [1.807, 2.05) is 11.8 Å². The molecule has 2 unspecified atom stereocenters. The van der Waals surface area contributed by atoms with Crippen molar-refractivity contribution < 1.29 is 14.3 Å². The quantitative estimate of drug-likeness (QED) is 0.735. The average molecular weight is 276 g/mol. The van der Waals surface area contributed by atoms with Crippen LogP contribution in [0.5, 0.6) is 0 Å². The summed E-state index contributed by atoms with van der Waals surface area (Å²) in [7, 11) is 0. The zero-order valence-electron chi connectivity index (χ0n) is 10.9. The Balaban J connectivity index is 1.73. The molecule has 2 aliphatic rings. The Hall–Kier alpha value is -0.320. The van der Waals surface area contributed by atoms with Gasteiger partial charge in [-0.1, -0.05) is 0 Å². The lowest BCUT2D eigenvalue weighted by Gasteiger charge is -2.33. The van der Waals surface area contributed by atoms with Gasteiger partial charge in [-0.15, -0.1) is 11.6 Å². The maximum Gasteiger partial charge on any atom is 0.251 e. The van der Waals surface area contributed by atoms with Crippen molar-refractivity contribution in [2.45, 2.75) is 50.9 Å². The predicted octanol–water partition coefficient (Wildman–Crippen LogP) is 1.80. The number of carbonyl (C=O) groups is 1. The van der Waals surface area contributed by atoms with E-state index in [4.69, 9.17) is 21.1 Å². The van der Waals surface area contributed by atoms with Crippen molar-refractivity contribution in [2.24, 2.45) is 0 Å². The van der Waals surface area contributed by atoms with Crippen LogP contribution in [0.3, 0.4) is 0 Å². The maximum atomic E-state index is 12.2. The van der Waals surface area contributed by atoms with Crippen molar-refractivity contribution in [3.63, 3.8) is 0 Å². The molecule has 18 heavy (non-hydrogen) atoms. The summed E-state index contributed by atoms with van der Waals surface area (Å²) in [6, 6.07) is 0. The predicted molar refractivity (Wildman–Crippen MR) is 69.8 cm³/mol. The average Bonchev–Trinajstić information content (AvgIpc) is 2.83. The van der Waals surface area contributed by atoms with E-state index in [0.29, 0.717) is 12.5 Å². The highest BCUT2D eigenvalue weighted by Gasteiger charge is 2.33. The van der Waals surface area contributed by atoms with Gasteiger partial charge in [0.25, 0.3) is 5.91 Å². The topological polar surface area (TPSA) is 38.8 Å². The fourth-order valence-electron chi connectivity index (χ4n) is 2.64. The molecule has 1 amide bonds. The van der Waals surface area contributed by atoms with E-state index >= 15 is 0 Å². The van der Waals surface area contributed by atoms with E-state index < -0.39 is 0 Å². The molecule has 0 spiro atoms. The smallest absolute Gasteiger partial charge is 0.251 e. The minimum atomic E-state index is -0.208. The Bertz CT molecular complexity index is 279.